The Bertz CT molecular complexity index is 843. The fraction of sp³-hybridized carbons (Fsp3) is 0. The minimum Gasteiger partial charge on any atom is -0.384 e. The van der Waals surface area contributed by atoms with Crippen molar-refractivity contribution >= 4 is 22.7 Å². The molecule has 0 bridgehead atoms. The van der Waals surface area contributed by atoms with E-state index in [0.717, 1.165) is 22.2 Å². The number of nitrogens with zero attached hydrogens (tertiary/aromatic N) is 1. The quantitative estimate of drug-likeness (QED) is 0.426. The third-order valence-corrected chi connectivity index (χ3v) is 3.44. The SMILES string of the molecule is N=C(N)c1ccc(-c2cc3ccccc3n2C(=N)N)cc1. The summed E-state index contributed by atoms with van der Waals surface area (Å²) in [5.74, 6) is 0.00973. The van der Waals surface area contributed by atoms with E-state index in [1.54, 1.807) is 16.7 Å². The second-order valence-corrected chi connectivity index (χ2v) is 4.80. The van der Waals surface area contributed by atoms with Crippen molar-refractivity contribution in [1.82, 2.24) is 4.57 Å². The molecule has 0 aliphatic rings. The monoisotopic (exact) mass is 277 g/mol. The zero-order valence-corrected chi connectivity index (χ0v) is 11.3. The van der Waals surface area contributed by atoms with Crippen molar-refractivity contribution in [2.45, 2.75) is 0 Å². The summed E-state index contributed by atoms with van der Waals surface area (Å²) in [6.45, 7) is 0. The van der Waals surface area contributed by atoms with E-state index in [2.05, 4.69) is 0 Å². The summed E-state index contributed by atoms with van der Waals surface area (Å²) in [5.41, 5.74) is 14.5. The molecule has 0 radical (unpaired) electrons. The fourth-order valence-corrected chi connectivity index (χ4v) is 2.45. The van der Waals surface area contributed by atoms with Crippen molar-refractivity contribution in [3.05, 3.63) is 60.2 Å². The van der Waals surface area contributed by atoms with E-state index in [1.807, 2.05) is 42.5 Å². The maximum atomic E-state index is 7.82. The Kier molecular flexibility index (Phi) is 2.95. The molecular formula is C16H15N5. The van der Waals surface area contributed by atoms with Gasteiger partial charge in [0.25, 0.3) is 0 Å². The Labute approximate surface area is 121 Å². The molecule has 0 saturated heterocycles. The normalized spacial score (nSPS) is 10.7. The first-order chi connectivity index (χ1) is 10.1. The lowest BCUT2D eigenvalue weighted by Gasteiger charge is -2.09. The third-order valence-electron chi connectivity index (χ3n) is 3.44. The summed E-state index contributed by atoms with van der Waals surface area (Å²) in [7, 11) is 0. The molecule has 0 aliphatic carbocycles. The second kappa shape index (κ2) is 4.79. The lowest BCUT2D eigenvalue weighted by atomic mass is 10.1. The molecule has 0 aliphatic heterocycles. The Morgan fingerprint density at radius 2 is 1.57 bits per heavy atom. The van der Waals surface area contributed by atoms with Crippen LogP contribution in [-0.4, -0.2) is 16.4 Å². The molecule has 0 spiro atoms. The van der Waals surface area contributed by atoms with E-state index < -0.39 is 0 Å². The van der Waals surface area contributed by atoms with Gasteiger partial charge in [-0.05, 0) is 17.7 Å². The molecule has 3 rings (SSSR count). The molecule has 1 heterocycles. The van der Waals surface area contributed by atoms with Crippen LogP contribution in [0, 0.1) is 10.8 Å². The van der Waals surface area contributed by atoms with Crippen molar-refractivity contribution in [3.63, 3.8) is 0 Å². The number of nitrogens with one attached hydrogen (secondary N) is 2. The lowest BCUT2D eigenvalue weighted by Crippen LogP contribution is -2.21. The second-order valence-electron chi connectivity index (χ2n) is 4.80. The number of amidine groups is 1. The van der Waals surface area contributed by atoms with Crippen LogP contribution in [0.1, 0.15) is 5.56 Å². The van der Waals surface area contributed by atoms with Crippen LogP contribution in [-0.2, 0) is 0 Å². The van der Waals surface area contributed by atoms with E-state index in [1.165, 1.54) is 0 Å². The van der Waals surface area contributed by atoms with E-state index in [9.17, 15) is 0 Å². The van der Waals surface area contributed by atoms with Crippen molar-refractivity contribution in [2.24, 2.45) is 11.5 Å². The van der Waals surface area contributed by atoms with E-state index in [0.29, 0.717) is 5.56 Å². The summed E-state index contributed by atoms with van der Waals surface area (Å²) < 4.78 is 1.71. The van der Waals surface area contributed by atoms with Crippen molar-refractivity contribution in [2.75, 3.05) is 0 Å². The highest BCUT2D eigenvalue weighted by atomic mass is 15.1. The summed E-state index contributed by atoms with van der Waals surface area (Å²) in [6, 6.07) is 17.1. The van der Waals surface area contributed by atoms with Gasteiger partial charge >= 0.3 is 0 Å². The lowest BCUT2D eigenvalue weighted by molar-refractivity contribution is 1.15. The largest absolute Gasteiger partial charge is 0.384 e. The number of nitrogen functional groups attached to an aromatic ring is 2. The molecule has 6 N–H and O–H groups in total. The van der Waals surface area contributed by atoms with Gasteiger partial charge in [0.15, 0.2) is 5.96 Å². The first-order valence-corrected chi connectivity index (χ1v) is 6.47. The Morgan fingerprint density at radius 1 is 0.905 bits per heavy atom. The Hall–Kier alpha value is -3.08. The molecule has 3 aromatic rings. The molecule has 0 fully saturated rings. The number of hydrogen-bond donors (Lipinski definition) is 4. The molecule has 0 unspecified atom stereocenters. The predicted octanol–water partition coefficient (Wildman–Crippen LogP) is 2.33. The molecule has 5 nitrogen and oxygen atoms in total. The molecular weight excluding hydrogens is 262 g/mol. The minimum absolute atomic E-state index is 0.0261. The van der Waals surface area contributed by atoms with Crippen molar-refractivity contribution in [3.8, 4) is 11.3 Å². The van der Waals surface area contributed by atoms with Gasteiger partial charge in [0.05, 0.1) is 11.2 Å². The number of nitrogens with two attached hydrogens (primary N) is 2. The van der Waals surface area contributed by atoms with Gasteiger partial charge in [-0.3, -0.25) is 15.4 Å². The highest BCUT2D eigenvalue weighted by Crippen LogP contribution is 2.27. The molecule has 1 aromatic heterocycles. The van der Waals surface area contributed by atoms with Crippen LogP contribution < -0.4 is 11.5 Å². The number of para-hydroxylation sites is 1. The van der Waals surface area contributed by atoms with Crippen LogP contribution in [0.3, 0.4) is 0 Å². The summed E-state index contributed by atoms with van der Waals surface area (Å²) in [5, 5.41) is 16.3. The van der Waals surface area contributed by atoms with Crippen molar-refractivity contribution in [1.29, 1.82) is 10.8 Å². The van der Waals surface area contributed by atoms with Crippen LogP contribution in [0.5, 0.6) is 0 Å². The highest BCUT2D eigenvalue weighted by molar-refractivity contribution is 5.99. The zero-order valence-electron chi connectivity index (χ0n) is 11.3. The molecule has 0 amide bonds. The van der Waals surface area contributed by atoms with Gasteiger partial charge in [-0.15, -0.1) is 0 Å². The summed E-state index contributed by atoms with van der Waals surface area (Å²) >= 11 is 0. The minimum atomic E-state index is -0.0261. The number of aromatic nitrogens is 1. The Morgan fingerprint density at radius 3 is 2.19 bits per heavy atom. The van der Waals surface area contributed by atoms with Crippen LogP contribution in [0.4, 0.5) is 0 Å². The van der Waals surface area contributed by atoms with Gasteiger partial charge in [-0.2, -0.15) is 0 Å². The number of rotatable bonds is 2. The molecule has 21 heavy (non-hydrogen) atoms. The first-order valence-electron chi connectivity index (χ1n) is 6.47. The highest BCUT2D eigenvalue weighted by Gasteiger charge is 2.12. The maximum Gasteiger partial charge on any atom is 0.197 e. The number of fused-ring (bicyclic) bond motifs is 1. The predicted molar refractivity (Wildman–Crippen MR) is 85.7 cm³/mol. The maximum absolute atomic E-state index is 7.82. The van der Waals surface area contributed by atoms with Gasteiger partial charge in [-0.1, -0.05) is 42.5 Å². The smallest absolute Gasteiger partial charge is 0.197 e. The van der Waals surface area contributed by atoms with Crippen LogP contribution in [0.2, 0.25) is 0 Å². The van der Waals surface area contributed by atoms with Gasteiger partial charge in [0.2, 0.25) is 0 Å². The molecule has 0 saturated carbocycles. The summed E-state index contributed by atoms with van der Waals surface area (Å²) in [6.07, 6.45) is 0. The number of hydrogen-bond acceptors (Lipinski definition) is 2. The zero-order chi connectivity index (χ0) is 15.0. The molecule has 0 atom stereocenters. The van der Waals surface area contributed by atoms with Gasteiger partial charge in [-0.25, -0.2) is 0 Å². The van der Waals surface area contributed by atoms with Crippen LogP contribution >= 0.6 is 0 Å². The molecule has 2 aromatic carbocycles. The fourth-order valence-electron chi connectivity index (χ4n) is 2.45. The van der Waals surface area contributed by atoms with Crippen LogP contribution in [0.15, 0.2) is 54.6 Å². The van der Waals surface area contributed by atoms with Gasteiger partial charge in [0.1, 0.15) is 5.84 Å². The molecule has 5 heteroatoms. The Balaban J connectivity index is 2.22. The van der Waals surface area contributed by atoms with Crippen LogP contribution in [0.25, 0.3) is 22.2 Å². The first kappa shape index (κ1) is 12.9. The van der Waals surface area contributed by atoms with E-state index in [-0.39, 0.29) is 11.8 Å². The molecule has 104 valence electrons. The summed E-state index contributed by atoms with van der Waals surface area (Å²) in [4.78, 5) is 0. The van der Waals surface area contributed by atoms with E-state index in [4.69, 9.17) is 22.3 Å². The topological polar surface area (TPSA) is 105 Å². The average Bonchev–Trinajstić information content (AvgIpc) is 2.86. The average molecular weight is 277 g/mol. The number of benzene rings is 2. The van der Waals surface area contributed by atoms with Crippen molar-refractivity contribution < 1.29 is 0 Å². The van der Waals surface area contributed by atoms with Gasteiger partial charge in [0, 0.05) is 10.9 Å². The third kappa shape index (κ3) is 2.14. The van der Waals surface area contributed by atoms with E-state index >= 15 is 0 Å². The standard InChI is InChI=1S/C16H15N5/c17-15(18)11-7-5-10(6-8-11)14-9-12-3-1-2-4-13(12)21(14)16(19)20/h1-9H,(H3,17,18)(H3,19,20). The van der Waals surface area contributed by atoms with Gasteiger partial charge < -0.3 is 11.5 Å².